The zero-order valence-corrected chi connectivity index (χ0v) is 33.1. The number of unbranched alkanes of at least 4 members (excludes halogenated alkanes) is 9. The van der Waals surface area contributed by atoms with Crippen molar-refractivity contribution in [3.8, 4) is 0 Å². The van der Waals surface area contributed by atoms with Crippen LogP contribution in [-0.4, -0.2) is 62.3 Å². The van der Waals surface area contributed by atoms with Crippen LogP contribution in [0, 0.1) is 29.1 Å². The molecule has 1 heterocycles. The number of hydrogen-bond acceptors (Lipinski definition) is 7. The molecule has 7 nitrogen and oxygen atoms in total. The predicted octanol–water partition coefficient (Wildman–Crippen LogP) is 10.7. The van der Waals surface area contributed by atoms with E-state index in [1.807, 2.05) is 0 Å². The second kappa shape index (κ2) is 25.0. The van der Waals surface area contributed by atoms with Gasteiger partial charge < -0.3 is 19.1 Å². The minimum atomic E-state index is -0.352. The molecule has 1 unspecified atom stereocenters. The lowest BCUT2D eigenvalue weighted by atomic mass is 9.48. The van der Waals surface area contributed by atoms with Gasteiger partial charge in [-0.3, -0.25) is 14.4 Å². The molecular formula is C45H75NO6. The molecule has 0 aromatic carbocycles. The van der Waals surface area contributed by atoms with E-state index in [1.54, 1.807) is 0 Å². The maximum atomic E-state index is 12.8. The van der Waals surface area contributed by atoms with Crippen molar-refractivity contribution in [3.63, 3.8) is 0 Å². The number of esters is 3. The fourth-order valence-electron chi connectivity index (χ4n) is 9.91. The number of rotatable bonds is 29. The Labute approximate surface area is 317 Å². The summed E-state index contributed by atoms with van der Waals surface area (Å²) < 4.78 is 16.9. The molecule has 1 atom stereocenters. The van der Waals surface area contributed by atoms with Crippen LogP contribution in [0.3, 0.4) is 0 Å². The zero-order valence-electron chi connectivity index (χ0n) is 33.1. The molecule has 5 fully saturated rings. The Hall–Kier alpha value is -2.15. The van der Waals surface area contributed by atoms with Gasteiger partial charge in [0.05, 0.1) is 5.92 Å². The van der Waals surface area contributed by atoms with Crippen molar-refractivity contribution in [2.24, 2.45) is 29.1 Å². The summed E-state index contributed by atoms with van der Waals surface area (Å²) in [5.74, 6) is 1.75. The first-order valence-electron chi connectivity index (χ1n) is 21.9. The SMILES string of the molecule is CCCCC/C=C\C/C=C\CCCCCCCCC(=O)OCC(COC(=O)CCCN1CCCC1)COC(=O)CCCC12CC3CC(CC(C3)C1)C2. The summed E-state index contributed by atoms with van der Waals surface area (Å²) in [6.45, 7) is 5.70. The minimum absolute atomic E-state index is 0.0985. The molecule has 5 aliphatic rings. The molecule has 5 rings (SSSR count). The van der Waals surface area contributed by atoms with Crippen LogP contribution < -0.4 is 0 Å². The van der Waals surface area contributed by atoms with Crippen LogP contribution in [0.5, 0.6) is 0 Å². The molecule has 52 heavy (non-hydrogen) atoms. The summed E-state index contributed by atoms with van der Waals surface area (Å²) >= 11 is 0. The molecule has 1 aliphatic heterocycles. The number of ether oxygens (including phenoxy) is 3. The van der Waals surface area contributed by atoms with Crippen LogP contribution in [-0.2, 0) is 28.6 Å². The van der Waals surface area contributed by atoms with E-state index in [1.165, 1.54) is 96.3 Å². The van der Waals surface area contributed by atoms with Gasteiger partial charge in [0, 0.05) is 19.3 Å². The molecule has 0 amide bonds. The number of allylic oxidation sites excluding steroid dienone is 4. The predicted molar refractivity (Wildman–Crippen MR) is 210 cm³/mol. The van der Waals surface area contributed by atoms with E-state index in [4.69, 9.17) is 14.2 Å². The lowest BCUT2D eigenvalue weighted by molar-refractivity contribution is -0.153. The Morgan fingerprint density at radius 3 is 1.65 bits per heavy atom. The third-order valence-corrected chi connectivity index (χ3v) is 12.3. The normalized spacial score (nSPS) is 24.6. The highest BCUT2D eigenvalue weighted by Gasteiger charge is 2.50. The van der Waals surface area contributed by atoms with Crippen molar-refractivity contribution in [3.05, 3.63) is 24.3 Å². The van der Waals surface area contributed by atoms with E-state index in [2.05, 4.69) is 36.1 Å². The fraction of sp³-hybridized carbons (Fsp3) is 0.844. The molecule has 296 valence electrons. The van der Waals surface area contributed by atoms with Gasteiger partial charge in [-0.1, -0.05) is 69.8 Å². The lowest BCUT2D eigenvalue weighted by Gasteiger charge is -2.57. The highest BCUT2D eigenvalue weighted by atomic mass is 16.6. The van der Waals surface area contributed by atoms with E-state index in [9.17, 15) is 14.4 Å². The smallest absolute Gasteiger partial charge is 0.305 e. The quantitative estimate of drug-likeness (QED) is 0.0329. The van der Waals surface area contributed by atoms with Gasteiger partial charge in [0.15, 0.2) is 0 Å². The Bertz CT molecular complexity index is 1040. The van der Waals surface area contributed by atoms with E-state index in [0.29, 0.717) is 24.7 Å². The van der Waals surface area contributed by atoms with Crippen LogP contribution in [0.1, 0.15) is 174 Å². The summed E-state index contributed by atoms with van der Waals surface area (Å²) in [5, 5.41) is 0. The van der Waals surface area contributed by atoms with Crippen molar-refractivity contribution in [2.45, 2.75) is 174 Å². The number of nitrogens with zero attached hydrogens (tertiary/aromatic N) is 1. The summed E-state index contributed by atoms with van der Waals surface area (Å²) in [6, 6.07) is 0. The number of likely N-dealkylation sites (tertiary alicyclic amines) is 1. The Morgan fingerprint density at radius 1 is 0.615 bits per heavy atom. The first kappa shape index (κ1) is 42.6. The third-order valence-electron chi connectivity index (χ3n) is 12.3. The third kappa shape index (κ3) is 17.3. The van der Waals surface area contributed by atoms with E-state index >= 15 is 0 Å². The molecule has 0 spiro atoms. The molecule has 4 aliphatic carbocycles. The topological polar surface area (TPSA) is 82.1 Å². The van der Waals surface area contributed by atoms with Crippen LogP contribution in [0.4, 0.5) is 0 Å². The Morgan fingerprint density at radius 2 is 1.10 bits per heavy atom. The first-order chi connectivity index (χ1) is 25.4. The van der Waals surface area contributed by atoms with Gasteiger partial charge in [-0.25, -0.2) is 0 Å². The zero-order chi connectivity index (χ0) is 36.7. The van der Waals surface area contributed by atoms with Gasteiger partial charge in [0.1, 0.15) is 19.8 Å². The average Bonchev–Trinajstić information content (AvgIpc) is 3.64. The fourth-order valence-corrected chi connectivity index (χ4v) is 9.91. The van der Waals surface area contributed by atoms with Crippen molar-refractivity contribution >= 4 is 17.9 Å². The molecule has 1 saturated heterocycles. The van der Waals surface area contributed by atoms with E-state index in [0.717, 1.165) is 88.8 Å². The summed E-state index contributed by atoms with van der Waals surface area (Å²) in [4.78, 5) is 40.3. The van der Waals surface area contributed by atoms with Gasteiger partial charge in [0.25, 0.3) is 0 Å². The molecule has 4 saturated carbocycles. The number of hydrogen-bond donors (Lipinski definition) is 0. The minimum Gasteiger partial charge on any atom is -0.465 e. The molecule has 4 bridgehead atoms. The van der Waals surface area contributed by atoms with E-state index in [-0.39, 0.29) is 43.6 Å². The highest BCUT2D eigenvalue weighted by Crippen LogP contribution is 2.61. The average molecular weight is 726 g/mol. The molecule has 0 radical (unpaired) electrons. The summed E-state index contributed by atoms with van der Waals surface area (Å²) in [6.07, 6.45) is 37.9. The lowest BCUT2D eigenvalue weighted by Crippen LogP contribution is -2.45. The van der Waals surface area contributed by atoms with Crippen LogP contribution >= 0.6 is 0 Å². The van der Waals surface area contributed by atoms with Gasteiger partial charge in [-0.05, 0) is 152 Å². The van der Waals surface area contributed by atoms with Crippen molar-refractivity contribution < 1.29 is 28.6 Å². The van der Waals surface area contributed by atoms with Crippen molar-refractivity contribution in [1.82, 2.24) is 4.90 Å². The first-order valence-corrected chi connectivity index (χ1v) is 21.9. The van der Waals surface area contributed by atoms with Crippen LogP contribution in [0.15, 0.2) is 24.3 Å². The Balaban J connectivity index is 1.06. The standard InChI is InChI=1S/C45H75NO6/c1-2-3-4-5-6-7-8-9-10-11-12-13-14-15-16-17-22-42(47)50-35-41(37-52-44(49)24-21-28-46-26-18-19-27-46)36-51-43(48)23-20-25-45-32-38-29-39(33-45)31-40(30-38)34-45/h6-7,9-10,38-41H,2-5,8,11-37H2,1H3/b7-6-,10-9-. The summed E-state index contributed by atoms with van der Waals surface area (Å²) in [7, 11) is 0. The van der Waals surface area contributed by atoms with Crippen LogP contribution in [0.2, 0.25) is 0 Å². The summed E-state index contributed by atoms with van der Waals surface area (Å²) in [5.41, 5.74) is 0.469. The van der Waals surface area contributed by atoms with Gasteiger partial charge in [-0.2, -0.15) is 0 Å². The van der Waals surface area contributed by atoms with Gasteiger partial charge in [-0.15, -0.1) is 0 Å². The molecular weight excluding hydrogens is 650 g/mol. The second-order valence-electron chi connectivity index (χ2n) is 17.2. The van der Waals surface area contributed by atoms with Crippen LogP contribution in [0.25, 0.3) is 0 Å². The molecule has 0 aromatic rings. The molecule has 7 heteroatoms. The Kier molecular flexibility index (Phi) is 20.5. The monoisotopic (exact) mass is 726 g/mol. The van der Waals surface area contributed by atoms with Gasteiger partial charge >= 0.3 is 17.9 Å². The number of carbonyl (C=O) groups is 3. The number of carbonyl (C=O) groups excluding carboxylic acids is 3. The largest absolute Gasteiger partial charge is 0.465 e. The maximum absolute atomic E-state index is 12.8. The highest BCUT2D eigenvalue weighted by molar-refractivity contribution is 5.70. The molecule has 0 aromatic heterocycles. The van der Waals surface area contributed by atoms with Crippen molar-refractivity contribution in [2.75, 3.05) is 39.5 Å². The van der Waals surface area contributed by atoms with E-state index < -0.39 is 0 Å². The second-order valence-corrected chi connectivity index (χ2v) is 17.2. The van der Waals surface area contributed by atoms with Crippen molar-refractivity contribution in [1.29, 1.82) is 0 Å². The molecule has 0 N–H and O–H groups in total. The van der Waals surface area contributed by atoms with Gasteiger partial charge in [0.2, 0.25) is 0 Å². The maximum Gasteiger partial charge on any atom is 0.305 e.